The highest BCUT2D eigenvalue weighted by Gasteiger charge is 2.11. The number of hydrogen-bond donors (Lipinski definition) is 1. The summed E-state index contributed by atoms with van der Waals surface area (Å²) >= 11 is 3.50. The number of aryl methyl sites for hydroxylation is 2. The van der Waals surface area contributed by atoms with Crippen LogP contribution in [0, 0.1) is 12.8 Å². The summed E-state index contributed by atoms with van der Waals surface area (Å²) in [5.41, 5.74) is 1.09. The molecule has 16 heavy (non-hydrogen) atoms. The molecule has 1 aromatic heterocycles. The Labute approximate surface area is 106 Å². The fraction of sp³-hybridized carbons (Fsp3) is 0.667. The smallest absolute Gasteiger partial charge is 0.130 e. The SMILES string of the molecule is CCc1cc(NC(C)C(C)CBr)nc(C)n1. The van der Waals surface area contributed by atoms with Gasteiger partial charge in [0.05, 0.1) is 0 Å². The molecule has 1 heterocycles. The maximum Gasteiger partial charge on any atom is 0.130 e. The quantitative estimate of drug-likeness (QED) is 0.845. The molecule has 0 fully saturated rings. The predicted molar refractivity (Wildman–Crippen MR) is 72.2 cm³/mol. The molecule has 0 spiro atoms. The van der Waals surface area contributed by atoms with Crippen LogP contribution < -0.4 is 5.32 Å². The molecule has 1 aromatic rings. The molecule has 0 aromatic carbocycles. The number of halogens is 1. The molecule has 2 atom stereocenters. The maximum atomic E-state index is 4.40. The van der Waals surface area contributed by atoms with Crippen LogP contribution in [0.4, 0.5) is 5.82 Å². The summed E-state index contributed by atoms with van der Waals surface area (Å²) < 4.78 is 0. The maximum absolute atomic E-state index is 4.40. The van der Waals surface area contributed by atoms with Crippen LogP contribution in [0.1, 0.15) is 32.3 Å². The highest BCUT2D eigenvalue weighted by atomic mass is 79.9. The third-order valence-electron chi connectivity index (χ3n) is 2.73. The van der Waals surface area contributed by atoms with Gasteiger partial charge in [0.2, 0.25) is 0 Å². The van der Waals surface area contributed by atoms with Gasteiger partial charge in [0.25, 0.3) is 0 Å². The van der Waals surface area contributed by atoms with E-state index in [4.69, 9.17) is 0 Å². The number of rotatable bonds is 5. The standard InChI is InChI=1S/C12H20BrN3/c1-5-11-6-12(16-10(4)15-11)14-9(3)8(2)7-13/h6,8-9H,5,7H2,1-4H3,(H,14,15,16). The topological polar surface area (TPSA) is 37.8 Å². The van der Waals surface area contributed by atoms with Crippen molar-refractivity contribution in [1.29, 1.82) is 0 Å². The number of anilines is 1. The molecule has 2 unspecified atom stereocenters. The Morgan fingerprint density at radius 1 is 1.38 bits per heavy atom. The lowest BCUT2D eigenvalue weighted by molar-refractivity contribution is 0.570. The largest absolute Gasteiger partial charge is 0.367 e. The van der Waals surface area contributed by atoms with Crippen molar-refractivity contribution in [2.75, 3.05) is 10.6 Å². The van der Waals surface area contributed by atoms with E-state index in [0.29, 0.717) is 12.0 Å². The summed E-state index contributed by atoms with van der Waals surface area (Å²) in [7, 11) is 0. The van der Waals surface area contributed by atoms with Gasteiger partial charge in [0, 0.05) is 23.1 Å². The van der Waals surface area contributed by atoms with E-state index in [-0.39, 0.29) is 0 Å². The molecule has 1 N–H and O–H groups in total. The zero-order chi connectivity index (χ0) is 12.1. The van der Waals surface area contributed by atoms with Crippen LogP contribution in [-0.4, -0.2) is 21.3 Å². The number of alkyl halides is 1. The second kappa shape index (κ2) is 6.18. The Kier molecular flexibility index (Phi) is 5.19. The zero-order valence-electron chi connectivity index (χ0n) is 10.4. The highest BCUT2D eigenvalue weighted by molar-refractivity contribution is 9.09. The minimum Gasteiger partial charge on any atom is -0.367 e. The van der Waals surface area contributed by atoms with E-state index in [2.05, 4.69) is 52.0 Å². The van der Waals surface area contributed by atoms with Crippen molar-refractivity contribution in [3.8, 4) is 0 Å². The normalized spacial score (nSPS) is 14.6. The molecule has 3 nitrogen and oxygen atoms in total. The van der Waals surface area contributed by atoms with Crippen molar-refractivity contribution in [1.82, 2.24) is 9.97 Å². The summed E-state index contributed by atoms with van der Waals surface area (Å²) in [5.74, 6) is 2.34. The molecule has 1 rings (SSSR count). The Morgan fingerprint density at radius 2 is 2.06 bits per heavy atom. The van der Waals surface area contributed by atoms with Crippen LogP contribution in [0.25, 0.3) is 0 Å². The van der Waals surface area contributed by atoms with Gasteiger partial charge in [-0.15, -0.1) is 0 Å². The van der Waals surface area contributed by atoms with Crippen molar-refractivity contribution < 1.29 is 0 Å². The van der Waals surface area contributed by atoms with E-state index >= 15 is 0 Å². The van der Waals surface area contributed by atoms with Crippen LogP contribution in [0.3, 0.4) is 0 Å². The van der Waals surface area contributed by atoms with Crippen molar-refractivity contribution in [3.05, 3.63) is 17.6 Å². The van der Waals surface area contributed by atoms with Crippen LogP contribution in [0.5, 0.6) is 0 Å². The van der Waals surface area contributed by atoms with Gasteiger partial charge in [-0.1, -0.05) is 29.8 Å². The van der Waals surface area contributed by atoms with Gasteiger partial charge in [0.15, 0.2) is 0 Å². The average molecular weight is 286 g/mol. The monoisotopic (exact) mass is 285 g/mol. The van der Waals surface area contributed by atoms with E-state index in [1.165, 1.54) is 0 Å². The molecular weight excluding hydrogens is 266 g/mol. The van der Waals surface area contributed by atoms with Gasteiger partial charge >= 0.3 is 0 Å². The lowest BCUT2D eigenvalue weighted by Crippen LogP contribution is -2.25. The molecule has 4 heteroatoms. The van der Waals surface area contributed by atoms with E-state index < -0.39 is 0 Å². The van der Waals surface area contributed by atoms with Gasteiger partial charge in [-0.3, -0.25) is 0 Å². The molecule has 0 aliphatic rings. The van der Waals surface area contributed by atoms with Crippen LogP contribution in [0.2, 0.25) is 0 Å². The lowest BCUT2D eigenvalue weighted by Gasteiger charge is -2.20. The van der Waals surface area contributed by atoms with Crippen molar-refractivity contribution in [2.24, 2.45) is 5.92 Å². The molecule has 0 aliphatic heterocycles. The zero-order valence-corrected chi connectivity index (χ0v) is 12.0. The number of nitrogens with zero attached hydrogens (tertiary/aromatic N) is 2. The Hall–Kier alpha value is -0.640. The first-order valence-corrected chi connectivity index (χ1v) is 6.86. The summed E-state index contributed by atoms with van der Waals surface area (Å²) in [4.78, 5) is 8.77. The van der Waals surface area contributed by atoms with Crippen LogP contribution in [0.15, 0.2) is 6.07 Å². The summed E-state index contributed by atoms with van der Waals surface area (Å²) in [6, 6.07) is 2.43. The van der Waals surface area contributed by atoms with Crippen molar-refractivity contribution in [2.45, 2.75) is 40.2 Å². The molecule has 0 saturated heterocycles. The van der Waals surface area contributed by atoms with Gasteiger partial charge in [0.1, 0.15) is 11.6 Å². The minimum atomic E-state index is 0.401. The summed E-state index contributed by atoms with van der Waals surface area (Å²) in [6.07, 6.45) is 0.945. The van der Waals surface area contributed by atoms with E-state index in [9.17, 15) is 0 Å². The fourth-order valence-corrected chi connectivity index (χ4v) is 1.95. The third-order valence-corrected chi connectivity index (χ3v) is 3.75. The number of hydrogen-bond acceptors (Lipinski definition) is 3. The van der Waals surface area contributed by atoms with Gasteiger partial charge < -0.3 is 5.32 Å². The van der Waals surface area contributed by atoms with E-state index in [1.807, 2.05) is 13.0 Å². The number of nitrogens with one attached hydrogen (secondary N) is 1. The Bertz CT molecular complexity index is 341. The van der Waals surface area contributed by atoms with Crippen molar-refractivity contribution in [3.63, 3.8) is 0 Å². The average Bonchev–Trinajstić information content (AvgIpc) is 2.26. The highest BCUT2D eigenvalue weighted by Crippen LogP contribution is 2.13. The molecular formula is C12H20BrN3. The van der Waals surface area contributed by atoms with Gasteiger partial charge in [-0.2, -0.15) is 0 Å². The molecule has 0 amide bonds. The van der Waals surface area contributed by atoms with Gasteiger partial charge in [-0.25, -0.2) is 9.97 Å². The van der Waals surface area contributed by atoms with Gasteiger partial charge in [-0.05, 0) is 26.2 Å². The van der Waals surface area contributed by atoms with Crippen LogP contribution >= 0.6 is 15.9 Å². The lowest BCUT2D eigenvalue weighted by atomic mass is 10.1. The Morgan fingerprint density at radius 3 is 2.62 bits per heavy atom. The Balaban J connectivity index is 2.76. The molecule has 0 aliphatic carbocycles. The first kappa shape index (κ1) is 13.4. The van der Waals surface area contributed by atoms with E-state index in [0.717, 1.165) is 29.1 Å². The molecule has 0 saturated carbocycles. The molecule has 0 radical (unpaired) electrons. The molecule has 90 valence electrons. The second-order valence-corrected chi connectivity index (χ2v) is 4.86. The summed E-state index contributed by atoms with van der Waals surface area (Å²) in [6.45, 7) is 8.43. The summed E-state index contributed by atoms with van der Waals surface area (Å²) in [5, 5.41) is 4.42. The fourth-order valence-electron chi connectivity index (χ4n) is 1.39. The third kappa shape index (κ3) is 3.74. The number of aromatic nitrogens is 2. The van der Waals surface area contributed by atoms with Crippen molar-refractivity contribution >= 4 is 21.7 Å². The minimum absolute atomic E-state index is 0.401. The van der Waals surface area contributed by atoms with E-state index in [1.54, 1.807) is 0 Å². The van der Waals surface area contributed by atoms with Crippen LogP contribution in [-0.2, 0) is 6.42 Å². The molecule has 0 bridgehead atoms. The first-order valence-electron chi connectivity index (χ1n) is 5.73. The first-order chi connectivity index (χ1) is 7.56. The second-order valence-electron chi connectivity index (χ2n) is 4.21. The predicted octanol–water partition coefficient (Wildman–Crippen LogP) is 3.18.